The summed E-state index contributed by atoms with van der Waals surface area (Å²) in [5.74, 6) is -0.124. The number of alkyl halides is 1. The number of nitroso groups, excluding NO2 is 1. The van der Waals surface area contributed by atoms with Gasteiger partial charge in [-0.3, -0.25) is 0 Å². The first-order valence-electron chi connectivity index (χ1n) is 3.61. The molecule has 0 saturated carbocycles. The molecule has 1 unspecified atom stereocenters. The van der Waals surface area contributed by atoms with Crippen molar-refractivity contribution < 1.29 is 10.2 Å². The van der Waals surface area contributed by atoms with Gasteiger partial charge in [-0.05, 0) is 16.8 Å². The van der Waals surface area contributed by atoms with Crippen molar-refractivity contribution in [3.8, 4) is 11.5 Å². The van der Waals surface area contributed by atoms with Gasteiger partial charge in [-0.25, -0.2) is 0 Å². The van der Waals surface area contributed by atoms with E-state index in [1.165, 1.54) is 18.2 Å². The van der Waals surface area contributed by atoms with Gasteiger partial charge < -0.3 is 10.2 Å². The fraction of sp³-hybridized carbons (Fsp3) is 0.250. The van der Waals surface area contributed by atoms with Crippen LogP contribution >= 0.6 is 11.6 Å². The zero-order chi connectivity index (χ0) is 9.84. The largest absolute Gasteiger partial charge is 0.508 e. The van der Waals surface area contributed by atoms with E-state index in [1.807, 2.05) is 0 Å². The summed E-state index contributed by atoms with van der Waals surface area (Å²) in [6, 6.07) is 4.08. The van der Waals surface area contributed by atoms with Crippen molar-refractivity contribution in [2.75, 3.05) is 0 Å². The van der Waals surface area contributed by atoms with E-state index in [0.29, 0.717) is 5.56 Å². The van der Waals surface area contributed by atoms with Crippen molar-refractivity contribution in [1.29, 1.82) is 0 Å². The van der Waals surface area contributed by atoms with E-state index in [4.69, 9.17) is 16.7 Å². The lowest BCUT2D eigenvalue weighted by molar-refractivity contribution is 0.445. The molecule has 70 valence electrons. The third-order valence-corrected chi connectivity index (χ3v) is 1.81. The van der Waals surface area contributed by atoms with E-state index in [0.717, 1.165) is 0 Å². The molecule has 1 aromatic carbocycles. The lowest BCUT2D eigenvalue weighted by atomic mass is 10.1. The molecule has 0 amide bonds. The standard InChI is InChI=1S/C8H8ClNO3/c9-8(10-13)3-5-1-2-6(11)4-7(5)12/h1-2,4,8,11-12H,3H2. The molecule has 0 spiro atoms. The van der Waals surface area contributed by atoms with Crippen LogP contribution in [-0.4, -0.2) is 15.7 Å². The Balaban J connectivity index is 2.83. The maximum Gasteiger partial charge on any atom is 0.169 e. The molecule has 0 aromatic heterocycles. The average Bonchev–Trinajstić information content (AvgIpc) is 2.09. The monoisotopic (exact) mass is 201 g/mol. The highest BCUT2D eigenvalue weighted by atomic mass is 35.5. The maximum atomic E-state index is 9.97. The van der Waals surface area contributed by atoms with E-state index in [-0.39, 0.29) is 17.9 Å². The predicted octanol–water partition coefficient (Wildman–Crippen LogP) is 1.97. The van der Waals surface area contributed by atoms with E-state index in [1.54, 1.807) is 0 Å². The van der Waals surface area contributed by atoms with Gasteiger partial charge in [0.05, 0.1) is 0 Å². The summed E-state index contributed by atoms with van der Waals surface area (Å²) in [4.78, 5) is 9.97. The molecule has 1 aromatic rings. The summed E-state index contributed by atoms with van der Waals surface area (Å²) in [5.41, 5.74) is -0.409. The van der Waals surface area contributed by atoms with Gasteiger partial charge >= 0.3 is 0 Å². The molecule has 1 rings (SSSR count). The molecular formula is C8H8ClNO3. The Kier molecular flexibility index (Phi) is 3.08. The molecule has 0 heterocycles. The highest BCUT2D eigenvalue weighted by molar-refractivity contribution is 6.20. The van der Waals surface area contributed by atoms with Crippen molar-refractivity contribution in [1.82, 2.24) is 0 Å². The molecule has 4 nitrogen and oxygen atoms in total. The number of hydrogen-bond donors (Lipinski definition) is 2. The summed E-state index contributed by atoms with van der Waals surface area (Å²) in [6.07, 6.45) is 0.150. The van der Waals surface area contributed by atoms with Crippen molar-refractivity contribution in [3.63, 3.8) is 0 Å². The predicted molar refractivity (Wildman–Crippen MR) is 48.9 cm³/mol. The van der Waals surface area contributed by atoms with Crippen molar-refractivity contribution in [2.45, 2.75) is 11.9 Å². The number of rotatable bonds is 3. The van der Waals surface area contributed by atoms with Crippen LogP contribution in [0.25, 0.3) is 0 Å². The fourth-order valence-electron chi connectivity index (χ4n) is 0.944. The number of phenolic OH excluding ortho intramolecular Hbond substituents is 2. The first-order valence-corrected chi connectivity index (χ1v) is 4.04. The highest BCUT2D eigenvalue weighted by Crippen LogP contribution is 2.24. The molecule has 0 bridgehead atoms. The molecule has 0 saturated heterocycles. The van der Waals surface area contributed by atoms with Crippen molar-refractivity contribution in [2.24, 2.45) is 5.18 Å². The summed E-state index contributed by atoms with van der Waals surface area (Å²) >= 11 is 5.46. The lowest BCUT2D eigenvalue weighted by Gasteiger charge is -2.04. The Hall–Kier alpha value is -1.29. The van der Waals surface area contributed by atoms with Gasteiger partial charge in [0, 0.05) is 12.5 Å². The van der Waals surface area contributed by atoms with Crippen LogP contribution in [0.5, 0.6) is 11.5 Å². The molecule has 13 heavy (non-hydrogen) atoms. The molecule has 0 aliphatic carbocycles. The first kappa shape index (κ1) is 9.80. The third-order valence-electron chi connectivity index (χ3n) is 1.57. The number of phenols is 2. The first-order chi connectivity index (χ1) is 6.13. The van der Waals surface area contributed by atoms with Crippen LogP contribution in [0.4, 0.5) is 0 Å². The Bertz CT molecular complexity index is 316. The Morgan fingerprint density at radius 3 is 2.69 bits per heavy atom. The van der Waals surface area contributed by atoms with E-state index >= 15 is 0 Å². The molecule has 2 N–H and O–H groups in total. The number of hydrogen-bond acceptors (Lipinski definition) is 4. The lowest BCUT2D eigenvalue weighted by Crippen LogP contribution is -1.98. The van der Waals surface area contributed by atoms with Gasteiger partial charge in [0.1, 0.15) is 11.5 Å². The van der Waals surface area contributed by atoms with Gasteiger partial charge in [-0.2, -0.15) is 0 Å². The minimum atomic E-state index is -0.893. The molecule has 1 atom stereocenters. The molecule has 0 aliphatic heterocycles. The van der Waals surface area contributed by atoms with Gasteiger partial charge in [-0.1, -0.05) is 17.7 Å². The van der Waals surface area contributed by atoms with Gasteiger partial charge in [0.2, 0.25) is 0 Å². The van der Waals surface area contributed by atoms with Crippen LogP contribution in [0.15, 0.2) is 23.4 Å². The van der Waals surface area contributed by atoms with E-state index in [9.17, 15) is 10.0 Å². The van der Waals surface area contributed by atoms with Crippen molar-refractivity contribution in [3.05, 3.63) is 28.7 Å². The number of aromatic hydroxyl groups is 2. The molecular weight excluding hydrogens is 194 g/mol. The second-order valence-corrected chi connectivity index (χ2v) is 3.06. The van der Waals surface area contributed by atoms with Crippen LogP contribution in [0.1, 0.15) is 5.56 Å². The van der Waals surface area contributed by atoms with E-state index in [2.05, 4.69) is 5.18 Å². The Morgan fingerprint density at radius 2 is 2.15 bits per heavy atom. The quantitative estimate of drug-likeness (QED) is 0.446. The van der Waals surface area contributed by atoms with Gasteiger partial charge in [0.15, 0.2) is 5.50 Å². The normalized spacial score (nSPS) is 12.4. The van der Waals surface area contributed by atoms with Crippen LogP contribution in [0, 0.1) is 4.91 Å². The zero-order valence-corrected chi connectivity index (χ0v) is 7.40. The molecule has 0 aliphatic rings. The van der Waals surface area contributed by atoms with E-state index < -0.39 is 5.50 Å². The van der Waals surface area contributed by atoms with Crippen LogP contribution in [0.3, 0.4) is 0 Å². The second-order valence-electron chi connectivity index (χ2n) is 2.56. The second kappa shape index (κ2) is 4.09. The third kappa shape index (κ3) is 2.59. The molecule has 0 radical (unpaired) electrons. The summed E-state index contributed by atoms with van der Waals surface area (Å²) in [6.45, 7) is 0. The number of nitrogens with zero attached hydrogens (tertiary/aromatic N) is 1. The summed E-state index contributed by atoms with van der Waals surface area (Å²) in [7, 11) is 0. The van der Waals surface area contributed by atoms with Crippen LogP contribution in [0.2, 0.25) is 0 Å². The minimum Gasteiger partial charge on any atom is -0.508 e. The summed E-state index contributed by atoms with van der Waals surface area (Å²) < 4.78 is 0. The smallest absolute Gasteiger partial charge is 0.169 e. The molecule has 5 heteroatoms. The summed E-state index contributed by atoms with van der Waals surface area (Å²) in [5, 5.41) is 20.8. The number of halogens is 1. The molecule has 0 fully saturated rings. The van der Waals surface area contributed by atoms with Gasteiger partial charge in [0.25, 0.3) is 0 Å². The van der Waals surface area contributed by atoms with Crippen molar-refractivity contribution >= 4 is 11.6 Å². The minimum absolute atomic E-state index is 0.0357. The topological polar surface area (TPSA) is 69.9 Å². The van der Waals surface area contributed by atoms with Gasteiger partial charge in [-0.15, -0.1) is 4.91 Å². The fourth-order valence-corrected chi connectivity index (χ4v) is 1.11. The maximum absolute atomic E-state index is 9.97. The Labute approximate surface area is 79.7 Å². The van der Waals surface area contributed by atoms with Crippen LogP contribution < -0.4 is 0 Å². The zero-order valence-electron chi connectivity index (χ0n) is 6.64. The van der Waals surface area contributed by atoms with Crippen LogP contribution in [-0.2, 0) is 6.42 Å². The highest BCUT2D eigenvalue weighted by Gasteiger charge is 2.09. The SMILES string of the molecule is O=NC(Cl)Cc1ccc(O)cc1O. The Morgan fingerprint density at radius 1 is 1.46 bits per heavy atom. The number of benzene rings is 1. The average molecular weight is 202 g/mol.